The Morgan fingerprint density at radius 1 is 1.32 bits per heavy atom. The van der Waals surface area contributed by atoms with Gasteiger partial charge >= 0.3 is 5.97 Å². The number of fused-ring (bicyclic) bond motifs is 1. The highest BCUT2D eigenvalue weighted by atomic mass is 79.9. The van der Waals surface area contributed by atoms with E-state index >= 15 is 0 Å². The molecule has 6 heteroatoms. The van der Waals surface area contributed by atoms with Gasteiger partial charge in [0.2, 0.25) is 0 Å². The molecule has 1 atom stereocenters. The lowest BCUT2D eigenvalue weighted by Crippen LogP contribution is -2.44. The standard InChI is InChI=1S/C19H17BrFNO3/c1-2-22(11-13-9-14(20)7-8-16(13)21)18(23)17-10-12-5-3-4-6-15(12)19(24)25-17/h3-9,17H,2,10-11H2,1H3. The fourth-order valence-corrected chi connectivity index (χ4v) is 3.30. The largest absolute Gasteiger partial charge is 0.448 e. The van der Waals surface area contributed by atoms with Crippen molar-refractivity contribution in [2.75, 3.05) is 6.54 Å². The zero-order chi connectivity index (χ0) is 18.0. The van der Waals surface area contributed by atoms with E-state index in [9.17, 15) is 14.0 Å². The van der Waals surface area contributed by atoms with E-state index in [2.05, 4.69) is 15.9 Å². The first-order chi connectivity index (χ1) is 12.0. The van der Waals surface area contributed by atoms with E-state index < -0.39 is 12.1 Å². The summed E-state index contributed by atoms with van der Waals surface area (Å²) >= 11 is 3.31. The maximum Gasteiger partial charge on any atom is 0.339 e. The number of nitrogens with zero attached hydrogens (tertiary/aromatic N) is 1. The highest BCUT2D eigenvalue weighted by Crippen LogP contribution is 2.23. The van der Waals surface area contributed by atoms with Crippen LogP contribution in [0, 0.1) is 5.82 Å². The molecule has 0 fully saturated rings. The van der Waals surface area contributed by atoms with Gasteiger partial charge in [-0.2, -0.15) is 0 Å². The number of halogens is 2. The monoisotopic (exact) mass is 405 g/mol. The van der Waals surface area contributed by atoms with Crippen molar-refractivity contribution in [3.63, 3.8) is 0 Å². The highest BCUT2D eigenvalue weighted by Gasteiger charge is 2.33. The van der Waals surface area contributed by atoms with Gasteiger partial charge in [0.15, 0.2) is 6.10 Å². The summed E-state index contributed by atoms with van der Waals surface area (Å²) in [5.74, 6) is -1.19. The highest BCUT2D eigenvalue weighted by molar-refractivity contribution is 9.10. The van der Waals surface area contributed by atoms with Crippen molar-refractivity contribution >= 4 is 27.8 Å². The lowest BCUT2D eigenvalue weighted by atomic mass is 9.98. The van der Waals surface area contributed by atoms with Crippen molar-refractivity contribution in [2.45, 2.75) is 26.0 Å². The van der Waals surface area contributed by atoms with Crippen LogP contribution in [0.25, 0.3) is 0 Å². The van der Waals surface area contributed by atoms with E-state index in [4.69, 9.17) is 4.74 Å². The summed E-state index contributed by atoms with van der Waals surface area (Å²) in [6.07, 6.45) is -0.546. The van der Waals surface area contributed by atoms with Crippen molar-refractivity contribution < 1.29 is 18.7 Å². The molecule has 1 aliphatic heterocycles. The third kappa shape index (κ3) is 3.74. The average molecular weight is 406 g/mol. The molecule has 0 N–H and O–H groups in total. The third-order valence-electron chi connectivity index (χ3n) is 4.23. The zero-order valence-corrected chi connectivity index (χ0v) is 15.3. The van der Waals surface area contributed by atoms with Crippen LogP contribution >= 0.6 is 15.9 Å². The molecule has 0 aliphatic carbocycles. The molecule has 1 unspecified atom stereocenters. The number of carbonyl (C=O) groups is 2. The molecule has 2 aromatic rings. The molecule has 1 amide bonds. The predicted molar refractivity (Wildman–Crippen MR) is 94.5 cm³/mol. The number of ether oxygens (including phenoxy) is 1. The van der Waals surface area contributed by atoms with Crippen molar-refractivity contribution in [3.8, 4) is 0 Å². The first-order valence-corrected chi connectivity index (χ1v) is 8.80. The Balaban J connectivity index is 1.79. The van der Waals surface area contributed by atoms with Crippen LogP contribution in [0.3, 0.4) is 0 Å². The lowest BCUT2D eigenvalue weighted by molar-refractivity contribution is -0.141. The number of hydrogen-bond acceptors (Lipinski definition) is 3. The van der Waals surface area contributed by atoms with E-state index in [0.717, 1.165) is 10.0 Å². The third-order valence-corrected chi connectivity index (χ3v) is 4.72. The van der Waals surface area contributed by atoms with E-state index in [-0.39, 0.29) is 18.3 Å². The van der Waals surface area contributed by atoms with Gasteiger partial charge in [0.05, 0.1) is 5.56 Å². The molecule has 1 heterocycles. The van der Waals surface area contributed by atoms with Crippen LogP contribution in [0.4, 0.5) is 4.39 Å². The molecule has 130 valence electrons. The number of benzene rings is 2. The Morgan fingerprint density at radius 2 is 2.08 bits per heavy atom. The molecule has 0 aromatic heterocycles. The molecule has 25 heavy (non-hydrogen) atoms. The SMILES string of the molecule is CCN(Cc1cc(Br)ccc1F)C(=O)C1Cc2ccccc2C(=O)O1. The second-order valence-corrected chi connectivity index (χ2v) is 6.76. The van der Waals surface area contributed by atoms with Crippen LogP contribution in [0.5, 0.6) is 0 Å². The molecular formula is C19H17BrFNO3. The average Bonchev–Trinajstić information content (AvgIpc) is 2.62. The van der Waals surface area contributed by atoms with E-state index in [0.29, 0.717) is 24.1 Å². The van der Waals surface area contributed by atoms with E-state index in [1.165, 1.54) is 11.0 Å². The predicted octanol–water partition coefficient (Wildman–Crippen LogP) is 3.72. The summed E-state index contributed by atoms with van der Waals surface area (Å²) in [7, 11) is 0. The van der Waals surface area contributed by atoms with Gasteiger partial charge in [-0.25, -0.2) is 9.18 Å². The van der Waals surface area contributed by atoms with Gasteiger partial charge in [0.1, 0.15) is 5.82 Å². The second-order valence-electron chi connectivity index (χ2n) is 5.84. The minimum absolute atomic E-state index is 0.121. The van der Waals surface area contributed by atoms with Gasteiger partial charge in [-0.15, -0.1) is 0 Å². The summed E-state index contributed by atoms with van der Waals surface area (Å²) < 4.78 is 20.0. The Labute approximate surface area is 153 Å². The molecule has 2 aromatic carbocycles. The number of rotatable bonds is 4. The molecule has 0 saturated carbocycles. The fraction of sp³-hybridized carbons (Fsp3) is 0.263. The minimum Gasteiger partial charge on any atom is -0.448 e. The lowest BCUT2D eigenvalue weighted by Gasteiger charge is -2.29. The number of amides is 1. The number of likely N-dealkylation sites (N-methyl/N-ethyl adjacent to an activating group) is 1. The second kappa shape index (κ2) is 7.35. The van der Waals surface area contributed by atoms with Crippen LogP contribution in [-0.2, 0) is 22.5 Å². The molecule has 0 saturated heterocycles. The van der Waals surface area contributed by atoms with Crippen molar-refractivity contribution in [2.24, 2.45) is 0 Å². The van der Waals surface area contributed by atoms with Gasteiger partial charge in [0, 0.05) is 29.5 Å². The quantitative estimate of drug-likeness (QED) is 0.728. The number of carbonyl (C=O) groups excluding carboxylic acids is 2. The Bertz CT molecular complexity index is 824. The molecule has 4 nitrogen and oxygen atoms in total. The summed E-state index contributed by atoms with van der Waals surface area (Å²) in [5, 5.41) is 0. The summed E-state index contributed by atoms with van der Waals surface area (Å²) in [4.78, 5) is 26.4. The number of hydrogen-bond donors (Lipinski definition) is 0. The van der Waals surface area contributed by atoms with Gasteiger partial charge in [-0.05, 0) is 36.8 Å². The van der Waals surface area contributed by atoms with E-state index in [1.807, 2.05) is 19.1 Å². The molecule has 3 rings (SSSR count). The molecule has 1 aliphatic rings. The Kier molecular flexibility index (Phi) is 5.18. The maximum absolute atomic E-state index is 14.0. The van der Waals surface area contributed by atoms with Crippen LogP contribution in [0.15, 0.2) is 46.9 Å². The maximum atomic E-state index is 14.0. The molecule has 0 bridgehead atoms. The Morgan fingerprint density at radius 3 is 2.84 bits per heavy atom. The summed E-state index contributed by atoms with van der Waals surface area (Å²) in [6.45, 7) is 2.32. The van der Waals surface area contributed by atoms with Crippen molar-refractivity contribution in [3.05, 3.63) is 69.4 Å². The normalized spacial score (nSPS) is 16.1. The zero-order valence-electron chi connectivity index (χ0n) is 13.7. The molecule has 0 spiro atoms. The van der Waals surface area contributed by atoms with Crippen LogP contribution in [0.1, 0.15) is 28.4 Å². The van der Waals surface area contributed by atoms with Gasteiger partial charge in [-0.1, -0.05) is 34.1 Å². The summed E-state index contributed by atoms with van der Waals surface area (Å²) in [5.41, 5.74) is 1.70. The van der Waals surface area contributed by atoms with Gasteiger partial charge in [-0.3, -0.25) is 4.79 Å². The molecule has 0 radical (unpaired) electrons. The van der Waals surface area contributed by atoms with Gasteiger partial charge < -0.3 is 9.64 Å². The van der Waals surface area contributed by atoms with Crippen molar-refractivity contribution in [1.29, 1.82) is 0 Å². The Hall–Kier alpha value is -2.21. The van der Waals surface area contributed by atoms with Crippen LogP contribution in [-0.4, -0.2) is 29.4 Å². The smallest absolute Gasteiger partial charge is 0.339 e. The first kappa shape index (κ1) is 17.6. The minimum atomic E-state index is -0.877. The van der Waals surface area contributed by atoms with Crippen LogP contribution in [0.2, 0.25) is 0 Å². The number of esters is 1. The van der Waals surface area contributed by atoms with Crippen LogP contribution < -0.4 is 0 Å². The topological polar surface area (TPSA) is 46.6 Å². The number of cyclic esters (lactones) is 1. The molecular weight excluding hydrogens is 389 g/mol. The van der Waals surface area contributed by atoms with Gasteiger partial charge in [0.25, 0.3) is 5.91 Å². The summed E-state index contributed by atoms with van der Waals surface area (Å²) in [6, 6.07) is 11.7. The van der Waals surface area contributed by atoms with Crippen molar-refractivity contribution in [1.82, 2.24) is 4.90 Å². The first-order valence-electron chi connectivity index (χ1n) is 8.01. The van der Waals surface area contributed by atoms with E-state index in [1.54, 1.807) is 24.3 Å². The fourth-order valence-electron chi connectivity index (χ4n) is 2.89.